The van der Waals surface area contributed by atoms with Gasteiger partial charge in [0.25, 0.3) is 11.2 Å². The second kappa shape index (κ2) is 11.8. The lowest BCUT2D eigenvalue weighted by Gasteiger charge is -2.12. The van der Waals surface area contributed by atoms with Crippen LogP contribution in [0.15, 0.2) is 101 Å². The maximum absolute atomic E-state index is 13.4. The number of nitro groups is 1. The zero-order valence-electron chi connectivity index (χ0n) is 21.6. The fourth-order valence-corrected chi connectivity index (χ4v) is 4.10. The standard InChI is InChI=1S/C30H21ClN4O6/c1-2-40-27-17-19(7-16-26(27)41-30(37)21-10-14-23(15-11-21)35(38)39)18-32-34-28(20-8-12-22(31)13-9-20)33-25-6-4-3-5-24(25)29(34)36/h3-18H,2H2,1H3. The van der Waals surface area contributed by atoms with Crippen molar-refractivity contribution < 1.29 is 19.2 Å². The highest BCUT2D eigenvalue weighted by atomic mass is 35.5. The molecule has 204 valence electrons. The molecule has 10 nitrogen and oxygen atoms in total. The molecule has 5 aromatic rings. The van der Waals surface area contributed by atoms with Gasteiger partial charge in [-0.25, -0.2) is 9.78 Å². The highest BCUT2D eigenvalue weighted by molar-refractivity contribution is 6.30. The molecule has 1 heterocycles. The third-order valence-electron chi connectivity index (χ3n) is 5.96. The second-order valence-electron chi connectivity index (χ2n) is 8.65. The van der Waals surface area contributed by atoms with Crippen LogP contribution in [0.4, 0.5) is 5.69 Å². The van der Waals surface area contributed by atoms with E-state index in [4.69, 9.17) is 21.1 Å². The fraction of sp³-hybridized carbons (Fsp3) is 0.0667. The highest BCUT2D eigenvalue weighted by Crippen LogP contribution is 2.29. The smallest absolute Gasteiger partial charge is 0.343 e. The summed E-state index contributed by atoms with van der Waals surface area (Å²) in [6, 6.07) is 23.8. The van der Waals surface area contributed by atoms with Gasteiger partial charge in [0.2, 0.25) is 0 Å². The van der Waals surface area contributed by atoms with E-state index in [1.165, 1.54) is 41.2 Å². The minimum Gasteiger partial charge on any atom is -0.490 e. The molecule has 0 atom stereocenters. The average Bonchev–Trinajstić information content (AvgIpc) is 2.98. The van der Waals surface area contributed by atoms with Crippen molar-refractivity contribution >= 4 is 40.4 Å². The summed E-state index contributed by atoms with van der Waals surface area (Å²) in [7, 11) is 0. The van der Waals surface area contributed by atoms with Crippen molar-refractivity contribution in [3.05, 3.63) is 128 Å². The summed E-state index contributed by atoms with van der Waals surface area (Å²) < 4.78 is 12.4. The predicted octanol–water partition coefficient (Wildman–Crippen LogP) is 6.13. The quantitative estimate of drug-likeness (QED) is 0.0725. The first-order chi connectivity index (χ1) is 19.8. The lowest BCUT2D eigenvalue weighted by molar-refractivity contribution is -0.384. The van der Waals surface area contributed by atoms with Gasteiger partial charge in [0.15, 0.2) is 17.3 Å². The molecule has 0 bridgehead atoms. The van der Waals surface area contributed by atoms with E-state index in [-0.39, 0.29) is 34.9 Å². The van der Waals surface area contributed by atoms with Gasteiger partial charge in [-0.3, -0.25) is 14.9 Å². The van der Waals surface area contributed by atoms with Gasteiger partial charge in [0.05, 0.1) is 34.2 Å². The molecule has 0 fully saturated rings. The number of rotatable bonds is 8. The number of nitro benzene ring substituents is 1. The topological polar surface area (TPSA) is 126 Å². The summed E-state index contributed by atoms with van der Waals surface area (Å²) in [4.78, 5) is 41.1. The molecule has 0 radical (unpaired) electrons. The van der Waals surface area contributed by atoms with Crippen molar-refractivity contribution in [1.29, 1.82) is 0 Å². The molecule has 41 heavy (non-hydrogen) atoms. The van der Waals surface area contributed by atoms with Crippen molar-refractivity contribution in [2.45, 2.75) is 6.92 Å². The van der Waals surface area contributed by atoms with E-state index in [0.717, 1.165) is 0 Å². The second-order valence-corrected chi connectivity index (χ2v) is 9.09. The van der Waals surface area contributed by atoms with Gasteiger partial charge >= 0.3 is 5.97 Å². The van der Waals surface area contributed by atoms with Crippen molar-refractivity contribution in [2.75, 3.05) is 6.61 Å². The zero-order valence-corrected chi connectivity index (χ0v) is 22.3. The van der Waals surface area contributed by atoms with Gasteiger partial charge in [0.1, 0.15) is 0 Å². The molecule has 0 saturated carbocycles. The van der Waals surface area contributed by atoms with E-state index in [0.29, 0.717) is 32.9 Å². The number of benzene rings is 4. The van der Waals surface area contributed by atoms with Crippen LogP contribution in [0.25, 0.3) is 22.3 Å². The van der Waals surface area contributed by atoms with Gasteiger partial charge in [-0.15, -0.1) is 0 Å². The van der Waals surface area contributed by atoms with Crippen molar-refractivity contribution in [3.8, 4) is 22.9 Å². The largest absolute Gasteiger partial charge is 0.490 e. The summed E-state index contributed by atoms with van der Waals surface area (Å²) in [5, 5.41) is 16.3. The van der Waals surface area contributed by atoms with E-state index in [2.05, 4.69) is 10.1 Å². The monoisotopic (exact) mass is 568 g/mol. The summed E-state index contributed by atoms with van der Waals surface area (Å²) in [6.45, 7) is 2.07. The lowest BCUT2D eigenvalue weighted by Crippen LogP contribution is -2.20. The number of hydrogen-bond donors (Lipinski definition) is 0. The number of fused-ring (bicyclic) bond motifs is 1. The van der Waals surface area contributed by atoms with Crippen LogP contribution in [0, 0.1) is 10.1 Å². The Bertz CT molecular complexity index is 1850. The van der Waals surface area contributed by atoms with E-state index < -0.39 is 10.9 Å². The third-order valence-corrected chi connectivity index (χ3v) is 6.21. The maximum atomic E-state index is 13.4. The van der Waals surface area contributed by atoms with Crippen LogP contribution in [0.2, 0.25) is 5.02 Å². The zero-order chi connectivity index (χ0) is 28.9. The molecule has 0 amide bonds. The maximum Gasteiger partial charge on any atom is 0.343 e. The Morgan fingerprint density at radius 2 is 1.76 bits per heavy atom. The van der Waals surface area contributed by atoms with E-state index >= 15 is 0 Å². The first kappa shape index (κ1) is 27.2. The minimum atomic E-state index is -0.705. The third kappa shape index (κ3) is 5.97. The Labute approximate surface area is 238 Å². The van der Waals surface area contributed by atoms with Crippen LogP contribution < -0.4 is 15.0 Å². The summed E-state index contributed by atoms with van der Waals surface area (Å²) in [5.74, 6) is 0.0522. The van der Waals surface area contributed by atoms with Gasteiger partial charge in [-0.1, -0.05) is 23.7 Å². The number of hydrogen-bond acceptors (Lipinski definition) is 8. The summed E-state index contributed by atoms with van der Waals surface area (Å²) in [5.41, 5.74) is 1.40. The molecule has 1 aromatic heterocycles. The summed E-state index contributed by atoms with van der Waals surface area (Å²) in [6.07, 6.45) is 1.47. The molecular formula is C30H21ClN4O6. The molecular weight excluding hydrogens is 548 g/mol. The van der Waals surface area contributed by atoms with Crippen LogP contribution in [0.1, 0.15) is 22.8 Å². The molecule has 0 spiro atoms. The number of esters is 1. The Morgan fingerprint density at radius 3 is 2.46 bits per heavy atom. The van der Waals surface area contributed by atoms with Crippen molar-refractivity contribution in [1.82, 2.24) is 9.66 Å². The number of halogens is 1. The van der Waals surface area contributed by atoms with Gasteiger partial charge < -0.3 is 9.47 Å². The molecule has 0 aliphatic heterocycles. The molecule has 0 N–H and O–H groups in total. The molecule has 5 rings (SSSR count). The highest BCUT2D eigenvalue weighted by Gasteiger charge is 2.16. The number of ether oxygens (including phenoxy) is 2. The minimum absolute atomic E-state index is 0.139. The van der Waals surface area contributed by atoms with E-state index in [1.54, 1.807) is 67.6 Å². The molecule has 0 aliphatic rings. The normalized spacial score (nSPS) is 11.1. The van der Waals surface area contributed by atoms with Gasteiger partial charge in [-0.05, 0) is 79.2 Å². The Balaban J connectivity index is 1.48. The molecule has 4 aromatic carbocycles. The predicted molar refractivity (Wildman–Crippen MR) is 155 cm³/mol. The Kier molecular flexibility index (Phi) is 7.84. The number of para-hydroxylation sites is 1. The number of carbonyl (C=O) groups excluding carboxylic acids is 1. The van der Waals surface area contributed by atoms with Crippen LogP contribution in [0.5, 0.6) is 11.5 Å². The first-order valence-corrected chi connectivity index (χ1v) is 12.8. The van der Waals surface area contributed by atoms with Gasteiger partial charge in [0, 0.05) is 22.7 Å². The van der Waals surface area contributed by atoms with Crippen molar-refractivity contribution in [3.63, 3.8) is 0 Å². The molecule has 11 heteroatoms. The average molecular weight is 569 g/mol. The van der Waals surface area contributed by atoms with Crippen molar-refractivity contribution in [2.24, 2.45) is 5.10 Å². The molecule has 0 saturated heterocycles. The van der Waals surface area contributed by atoms with Crippen LogP contribution in [-0.4, -0.2) is 33.4 Å². The number of carbonyl (C=O) groups is 1. The van der Waals surface area contributed by atoms with Crippen LogP contribution in [0.3, 0.4) is 0 Å². The Hall–Kier alpha value is -5.35. The van der Waals surface area contributed by atoms with E-state index in [9.17, 15) is 19.7 Å². The fourth-order valence-electron chi connectivity index (χ4n) is 3.98. The SMILES string of the molecule is CCOc1cc(C=Nn2c(-c3ccc(Cl)cc3)nc3ccccc3c2=O)ccc1OC(=O)c1ccc([N+](=O)[O-])cc1. The Morgan fingerprint density at radius 1 is 1.02 bits per heavy atom. The number of aromatic nitrogens is 2. The molecule has 0 unspecified atom stereocenters. The first-order valence-electron chi connectivity index (χ1n) is 12.4. The van der Waals surface area contributed by atoms with Gasteiger partial charge in [-0.2, -0.15) is 9.78 Å². The summed E-state index contributed by atoms with van der Waals surface area (Å²) >= 11 is 6.06. The van der Waals surface area contributed by atoms with Crippen LogP contribution in [-0.2, 0) is 0 Å². The van der Waals surface area contributed by atoms with Crippen LogP contribution >= 0.6 is 11.6 Å². The number of nitrogens with zero attached hydrogens (tertiary/aromatic N) is 4. The van der Waals surface area contributed by atoms with E-state index in [1.807, 2.05) is 0 Å². The molecule has 0 aliphatic carbocycles. The lowest BCUT2D eigenvalue weighted by atomic mass is 10.2. The number of non-ortho nitro benzene ring substituents is 1.